The van der Waals surface area contributed by atoms with E-state index in [2.05, 4.69) is 35.1 Å². The van der Waals surface area contributed by atoms with Crippen molar-refractivity contribution >= 4 is 21.8 Å². The largest absolute Gasteiger partial charge is 0.490 e. The molecule has 0 radical (unpaired) electrons. The Kier molecular flexibility index (Phi) is 7.73. The first kappa shape index (κ1) is 18.8. The van der Waals surface area contributed by atoms with Gasteiger partial charge in [-0.1, -0.05) is 29.8 Å². The number of benzene rings is 1. The van der Waals surface area contributed by atoms with E-state index in [-0.39, 0.29) is 11.9 Å². The number of hydrogen-bond donors (Lipinski definition) is 1. The van der Waals surface area contributed by atoms with Crippen molar-refractivity contribution < 1.29 is 14.3 Å². The SMILES string of the molecule is CCOc1cc(Br)c(CC(=O)NC(C)C(C)C)cc1OCC. The van der Waals surface area contributed by atoms with E-state index >= 15 is 0 Å². The van der Waals surface area contributed by atoms with Gasteiger partial charge in [0.25, 0.3) is 0 Å². The second-order valence-corrected chi connectivity index (χ2v) is 6.39. The summed E-state index contributed by atoms with van der Waals surface area (Å²) in [6.45, 7) is 11.2. The van der Waals surface area contributed by atoms with Crippen molar-refractivity contribution in [1.29, 1.82) is 0 Å². The van der Waals surface area contributed by atoms with Crippen LogP contribution in [0.3, 0.4) is 0 Å². The number of halogens is 1. The lowest BCUT2D eigenvalue weighted by Gasteiger charge is -2.18. The zero-order valence-corrected chi connectivity index (χ0v) is 15.6. The molecule has 0 heterocycles. The van der Waals surface area contributed by atoms with E-state index < -0.39 is 0 Å². The Labute approximate surface area is 141 Å². The minimum absolute atomic E-state index is 0.00788. The van der Waals surface area contributed by atoms with Crippen LogP contribution < -0.4 is 14.8 Å². The van der Waals surface area contributed by atoms with Gasteiger partial charge in [0, 0.05) is 10.5 Å². The summed E-state index contributed by atoms with van der Waals surface area (Å²) < 4.78 is 12.0. The molecule has 0 aliphatic heterocycles. The van der Waals surface area contributed by atoms with Gasteiger partial charge in [-0.05, 0) is 44.4 Å². The highest BCUT2D eigenvalue weighted by Gasteiger charge is 2.15. The van der Waals surface area contributed by atoms with Gasteiger partial charge >= 0.3 is 0 Å². The Balaban J connectivity index is 2.90. The molecular weight excluding hydrogens is 346 g/mol. The minimum atomic E-state index is 0.00788. The third kappa shape index (κ3) is 5.52. The molecule has 1 aromatic carbocycles. The summed E-state index contributed by atoms with van der Waals surface area (Å²) in [4.78, 5) is 12.2. The van der Waals surface area contributed by atoms with Gasteiger partial charge in [-0.15, -0.1) is 0 Å². The summed E-state index contributed by atoms with van der Waals surface area (Å²) in [5.74, 6) is 1.78. The van der Waals surface area contributed by atoms with E-state index in [1.165, 1.54) is 0 Å². The van der Waals surface area contributed by atoms with E-state index in [4.69, 9.17) is 9.47 Å². The van der Waals surface area contributed by atoms with Gasteiger partial charge in [-0.2, -0.15) is 0 Å². The predicted octanol–water partition coefficient (Wildman–Crippen LogP) is 3.95. The Morgan fingerprint density at radius 2 is 1.68 bits per heavy atom. The van der Waals surface area contributed by atoms with Crippen molar-refractivity contribution in [3.05, 3.63) is 22.2 Å². The third-order valence-corrected chi connectivity index (χ3v) is 4.19. The topological polar surface area (TPSA) is 47.6 Å². The summed E-state index contributed by atoms with van der Waals surface area (Å²) >= 11 is 3.51. The molecule has 1 unspecified atom stereocenters. The number of amides is 1. The quantitative estimate of drug-likeness (QED) is 0.752. The van der Waals surface area contributed by atoms with E-state index in [0.717, 1.165) is 10.0 Å². The van der Waals surface area contributed by atoms with Crippen LogP contribution in [-0.2, 0) is 11.2 Å². The van der Waals surface area contributed by atoms with Gasteiger partial charge in [-0.25, -0.2) is 0 Å². The normalized spacial score (nSPS) is 12.1. The molecule has 0 saturated carbocycles. The third-order valence-electron chi connectivity index (χ3n) is 3.45. The van der Waals surface area contributed by atoms with Crippen LogP contribution >= 0.6 is 15.9 Å². The van der Waals surface area contributed by atoms with Gasteiger partial charge in [0.2, 0.25) is 5.91 Å². The van der Waals surface area contributed by atoms with Crippen molar-refractivity contribution in [2.45, 2.75) is 47.1 Å². The van der Waals surface area contributed by atoms with Crippen molar-refractivity contribution in [3.8, 4) is 11.5 Å². The van der Waals surface area contributed by atoms with Crippen molar-refractivity contribution in [1.82, 2.24) is 5.32 Å². The summed E-state index contributed by atoms with van der Waals surface area (Å²) in [5, 5.41) is 3.01. The molecule has 22 heavy (non-hydrogen) atoms. The second-order valence-electron chi connectivity index (χ2n) is 5.53. The molecule has 0 spiro atoms. The highest BCUT2D eigenvalue weighted by Crippen LogP contribution is 2.34. The number of ether oxygens (including phenoxy) is 2. The van der Waals surface area contributed by atoms with E-state index in [0.29, 0.717) is 37.1 Å². The van der Waals surface area contributed by atoms with Gasteiger partial charge in [0.1, 0.15) is 0 Å². The first-order valence-electron chi connectivity index (χ1n) is 7.76. The predicted molar refractivity (Wildman–Crippen MR) is 92.6 cm³/mol. The molecule has 0 aliphatic rings. The molecule has 0 aromatic heterocycles. The second kappa shape index (κ2) is 9.03. The number of nitrogens with one attached hydrogen (secondary N) is 1. The lowest BCUT2D eigenvalue weighted by atomic mass is 10.1. The van der Waals surface area contributed by atoms with Crippen molar-refractivity contribution in [2.24, 2.45) is 5.92 Å². The Hall–Kier alpha value is -1.23. The summed E-state index contributed by atoms with van der Waals surface area (Å²) in [7, 11) is 0. The first-order chi connectivity index (χ1) is 10.4. The van der Waals surface area contributed by atoms with Crippen LogP contribution in [0.1, 0.15) is 40.2 Å². The highest BCUT2D eigenvalue weighted by atomic mass is 79.9. The number of hydrogen-bond acceptors (Lipinski definition) is 3. The lowest BCUT2D eigenvalue weighted by molar-refractivity contribution is -0.121. The molecule has 1 N–H and O–H groups in total. The number of carbonyl (C=O) groups excluding carboxylic acids is 1. The van der Waals surface area contributed by atoms with Crippen LogP contribution in [0.4, 0.5) is 0 Å². The average Bonchev–Trinajstić information content (AvgIpc) is 2.44. The molecule has 1 aromatic rings. The molecule has 0 saturated heterocycles. The fourth-order valence-corrected chi connectivity index (χ4v) is 2.36. The molecule has 1 amide bonds. The molecule has 0 bridgehead atoms. The van der Waals surface area contributed by atoms with Gasteiger partial charge < -0.3 is 14.8 Å². The molecule has 5 heteroatoms. The molecule has 124 valence electrons. The monoisotopic (exact) mass is 371 g/mol. The zero-order valence-electron chi connectivity index (χ0n) is 14.0. The first-order valence-corrected chi connectivity index (χ1v) is 8.55. The maximum atomic E-state index is 12.2. The maximum Gasteiger partial charge on any atom is 0.224 e. The van der Waals surface area contributed by atoms with Gasteiger partial charge in [-0.3, -0.25) is 4.79 Å². The van der Waals surface area contributed by atoms with Crippen LogP contribution in [-0.4, -0.2) is 25.2 Å². The van der Waals surface area contributed by atoms with Crippen LogP contribution in [0.15, 0.2) is 16.6 Å². The van der Waals surface area contributed by atoms with Crippen LogP contribution in [0.2, 0.25) is 0 Å². The summed E-state index contributed by atoms with van der Waals surface area (Å²) in [6.07, 6.45) is 0.310. The smallest absolute Gasteiger partial charge is 0.224 e. The van der Waals surface area contributed by atoms with E-state index in [9.17, 15) is 4.79 Å². The Bertz CT molecular complexity index is 503. The van der Waals surface area contributed by atoms with Crippen LogP contribution in [0, 0.1) is 5.92 Å². The van der Waals surface area contributed by atoms with Crippen molar-refractivity contribution in [3.63, 3.8) is 0 Å². The van der Waals surface area contributed by atoms with Gasteiger partial charge in [0.15, 0.2) is 11.5 Å². The Morgan fingerprint density at radius 1 is 1.14 bits per heavy atom. The zero-order chi connectivity index (χ0) is 16.7. The molecule has 0 aliphatic carbocycles. The maximum absolute atomic E-state index is 12.2. The van der Waals surface area contributed by atoms with Crippen LogP contribution in [0.25, 0.3) is 0 Å². The fourth-order valence-electron chi connectivity index (χ4n) is 1.89. The van der Waals surface area contributed by atoms with Crippen molar-refractivity contribution in [2.75, 3.05) is 13.2 Å². The number of rotatable bonds is 8. The summed E-state index contributed by atoms with van der Waals surface area (Å²) in [5.41, 5.74) is 0.889. The van der Waals surface area contributed by atoms with E-state index in [1.807, 2.05) is 32.9 Å². The molecule has 4 nitrogen and oxygen atoms in total. The highest BCUT2D eigenvalue weighted by molar-refractivity contribution is 9.10. The fraction of sp³-hybridized carbons (Fsp3) is 0.588. The average molecular weight is 372 g/mol. The standard InChI is InChI=1S/C17H26BrNO3/c1-6-21-15-8-13(14(18)10-16(15)22-7-2)9-17(20)19-12(5)11(3)4/h8,10-12H,6-7,9H2,1-5H3,(H,19,20). The Morgan fingerprint density at radius 3 is 2.18 bits per heavy atom. The molecule has 1 atom stereocenters. The number of carbonyl (C=O) groups is 1. The van der Waals surface area contributed by atoms with E-state index in [1.54, 1.807) is 0 Å². The van der Waals surface area contributed by atoms with Gasteiger partial charge in [0.05, 0.1) is 19.6 Å². The van der Waals surface area contributed by atoms with Crippen LogP contribution in [0.5, 0.6) is 11.5 Å². The lowest BCUT2D eigenvalue weighted by Crippen LogP contribution is -2.37. The molecule has 0 fully saturated rings. The molecular formula is C17H26BrNO3. The summed E-state index contributed by atoms with van der Waals surface area (Å²) in [6, 6.07) is 3.89. The minimum Gasteiger partial charge on any atom is -0.490 e. The molecule has 1 rings (SSSR count).